The lowest BCUT2D eigenvalue weighted by Gasteiger charge is -2.09. The molecule has 0 spiro atoms. The minimum absolute atomic E-state index is 0.123. The number of hydrogen-bond donors (Lipinski definition) is 2. The molecule has 2 aromatic heterocycles. The number of imidazole rings is 1. The van der Waals surface area contributed by atoms with Gasteiger partial charge < -0.3 is 14.9 Å². The number of carboxylic acids is 2. The molecule has 0 aliphatic heterocycles. The van der Waals surface area contributed by atoms with E-state index in [2.05, 4.69) is 27.8 Å². The second-order valence-corrected chi connectivity index (χ2v) is 7.16. The fraction of sp³-hybridized carbons (Fsp3) is 0.120. The van der Waals surface area contributed by atoms with Crippen molar-refractivity contribution in [1.29, 1.82) is 0 Å². The average molecular weight is 445 g/mol. The molecular weight excluding hydrogens is 422 g/mol. The van der Waals surface area contributed by atoms with Crippen LogP contribution in [0, 0.1) is 0 Å². The van der Waals surface area contributed by atoms with Crippen molar-refractivity contribution >= 4 is 35.1 Å². The number of aromatic nitrogens is 3. The summed E-state index contributed by atoms with van der Waals surface area (Å²) in [6.07, 6.45) is 6.00. The van der Waals surface area contributed by atoms with Crippen LogP contribution in [0.3, 0.4) is 0 Å². The van der Waals surface area contributed by atoms with Gasteiger partial charge in [0.2, 0.25) is 0 Å². The van der Waals surface area contributed by atoms with Crippen LogP contribution < -0.4 is 4.74 Å². The Labute approximate surface area is 190 Å². The number of benzene rings is 2. The van der Waals surface area contributed by atoms with Crippen LogP contribution in [0.5, 0.6) is 5.75 Å². The zero-order valence-electron chi connectivity index (χ0n) is 18.1. The molecule has 0 amide bonds. The van der Waals surface area contributed by atoms with Gasteiger partial charge >= 0.3 is 11.9 Å². The van der Waals surface area contributed by atoms with Gasteiger partial charge in [0.1, 0.15) is 17.4 Å². The third-order valence-electron chi connectivity index (χ3n) is 4.31. The Morgan fingerprint density at radius 3 is 2.24 bits per heavy atom. The van der Waals surface area contributed by atoms with E-state index in [9.17, 15) is 0 Å². The smallest absolute Gasteiger partial charge is 0.414 e. The van der Waals surface area contributed by atoms with Crippen molar-refractivity contribution in [3.05, 3.63) is 84.3 Å². The first kappa shape index (κ1) is 23.2. The first-order chi connectivity index (χ1) is 15.8. The first-order valence-corrected chi connectivity index (χ1v) is 10.1. The zero-order chi connectivity index (χ0) is 23.8. The summed E-state index contributed by atoms with van der Waals surface area (Å²) >= 11 is 0. The predicted octanol–water partition coefficient (Wildman–Crippen LogP) is 4.53. The van der Waals surface area contributed by atoms with Gasteiger partial charge in [-0.2, -0.15) is 0 Å². The Balaban J connectivity index is 0.000000454. The largest absolute Gasteiger partial charge is 0.491 e. The molecule has 0 radical (unpaired) electrons. The second kappa shape index (κ2) is 10.7. The molecule has 2 aromatic carbocycles. The van der Waals surface area contributed by atoms with Gasteiger partial charge in [0.05, 0.1) is 17.1 Å². The summed E-state index contributed by atoms with van der Waals surface area (Å²) in [6, 6.07) is 22.1. The number of hydrogen-bond acceptors (Lipinski definition) is 5. The molecule has 4 rings (SSSR count). The van der Waals surface area contributed by atoms with Crippen LogP contribution in [0.4, 0.5) is 0 Å². The van der Waals surface area contributed by atoms with E-state index >= 15 is 0 Å². The zero-order valence-corrected chi connectivity index (χ0v) is 18.1. The Bertz CT molecular complexity index is 1250. The fourth-order valence-electron chi connectivity index (χ4n) is 3.00. The summed E-state index contributed by atoms with van der Waals surface area (Å²) in [6.45, 7) is 4.04. The maximum Gasteiger partial charge on any atom is 0.414 e. The molecule has 0 aliphatic carbocycles. The van der Waals surface area contributed by atoms with Crippen molar-refractivity contribution in [2.75, 3.05) is 0 Å². The molecule has 4 aromatic rings. The summed E-state index contributed by atoms with van der Waals surface area (Å²) in [4.78, 5) is 27.5. The van der Waals surface area contributed by atoms with Crippen LogP contribution in [0.2, 0.25) is 0 Å². The first-order valence-electron chi connectivity index (χ1n) is 10.1. The molecule has 0 saturated heterocycles. The monoisotopic (exact) mass is 445 g/mol. The van der Waals surface area contributed by atoms with Gasteiger partial charge in [-0.25, -0.2) is 19.6 Å². The number of pyridine rings is 1. The summed E-state index contributed by atoms with van der Waals surface area (Å²) in [5, 5.41) is 14.8. The molecule has 0 atom stereocenters. The van der Waals surface area contributed by atoms with Crippen LogP contribution in [0.25, 0.3) is 29.0 Å². The molecule has 2 N–H and O–H groups in total. The lowest BCUT2D eigenvalue weighted by molar-refractivity contribution is -0.159. The lowest BCUT2D eigenvalue weighted by Crippen LogP contribution is -2.09. The number of aliphatic carboxylic acids is 2. The van der Waals surface area contributed by atoms with Gasteiger partial charge in [-0.05, 0) is 49.8 Å². The Hall–Kier alpha value is -4.46. The Kier molecular flexibility index (Phi) is 7.54. The van der Waals surface area contributed by atoms with Gasteiger partial charge in [-0.15, -0.1) is 0 Å². The lowest BCUT2D eigenvalue weighted by atomic mass is 10.2. The quantitative estimate of drug-likeness (QED) is 0.434. The third-order valence-corrected chi connectivity index (χ3v) is 4.31. The molecule has 0 saturated carbocycles. The van der Waals surface area contributed by atoms with E-state index in [0.29, 0.717) is 0 Å². The van der Waals surface area contributed by atoms with Crippen LogP contribution in [-0.4, -0.2) is 42.8 Å². The molecule has 0 fully saturated rings. The van der Waals surface area contributed by atoms with E-state index in [1.54, 1.807) is 6.20 Å². The number of carbonyl (C=O) groups is 2. The molecule has 0 bridgehead atoms. The number of nitrogens with zero attached hydrogens (tertiary/aromatic N) is 3. The summed E-state index contributed by atoms with van der Waals surface area (Å²) < 4.78 is 7.89. The van der Waals surface area contributed by atoms with Crippen molar-refractivity contribution in [2.45, 2.75) is 20.0 Å². The number of carboxylic acid groups (broad SMARTS) is 2. The third kappa shape index (κ3) is 6.27. The van der Waals surface area contributed by atoms with Crippen LogP contribution in [0.1, 0.15) is 25.2 Å². The van der Waals surface area contributed by atoms with Crippen molar-refractivity contribution in [2.24, 2.45) is 0 Å². The molecular formula is C25H23N3O5. The summed E-state index contributed by atoms with van der Waals surface area (Å²) in [5.74, 6) is -1.16. The van der Waals surface area contributed by atoms with Gasteiger partial charge in [-0.3, -0.25) is 4.57 Å². The predicted molar refractivity (Wildman–Crippen MR) is 125 cm³/mol. The van der Waals surface area contributed by atoms with E-state index in [1.807, 2.05) is 74.5 Å². The highest BCUT2D eigenvalue weighted by Crippen LogP contribution is 2.26. The van der Waals surface area contributed by atoms with Crippen LogP contribution >= 0.6 is 0 Å². The highest BCUT2D eigenvalue weighted by Gasteiger charge is 2.12. The van der Waals surface area contributed by atoms with Gasteiger partial charge in [0.15, 0.2) is 0 Å². The second-order valence-electron chi connectivity index (χ2n) is 7.16. The topological polar surface area (TPSA) is 115 Å². The Morgan fingerprint density at radius 2 is 1.64 bits per heavy atom. The normalized spacial score (nSPS) is 10.8. The van der Waals surface area contributed by atoms with Gasteiger partial charge in [0, 0.05) is 12.3 Å². The number of rotatable bonds is 5. The van der Waals surface area contributed by atoms with E-state index in [1.165, 1.54) is 0 Å². The standard InChI is InChI=1S/C23H21N3O.C2H2O4/c1-17(2)27-19-12-13-21-20(16-19)25-23(14-11-18-8-4-3-5-9-18)26(21)22-10-6-7-15-24-22;3-1(4)2(5)6/h3-17H,1-2H3;(H,3,4)(H,5,6)/b14-11+;. The average Bonchev–Trinajstić information content (AvgIpc) is 3.16. The van der Waals surface area contributed by atoms with Crippen molar-refractivity contribution in [3.8, 4) is 11.6 Å². The molecule has 8 heteroatoms. The van der Waals surface area contributed by atoms with Crippen molar-refractivity contribution in [3.63, 3.8) is 0 Å². The van der Waals surface area contributed by atoms with Gasteiger partial charge in [-0.1, -0.05) is 42.5 Å². The van der Waals surface area contributed by atoms with Gasteiger partial charge in [0.25, 0.3) is 0 Å². The maximum absolute atomic E-state index is 9.10. The summed E-state index contributed by atoms with van der Waals surface area (Å²) in [7, 11) is 0. The maximum atomic E-state index is 9.10. The molecule has 8 nitrogen and oxygen atoms in total. The molecule has 0 unspecified atom stereocenters. The SMILES string of the molecule is CC(C)Oc1ccc2c(c1)nc(/C=C/c1ccccc1)n2-c1ccccn1.O=C(O)C(=O)O. The fourth-order valence-corrected chi connectivity index (χ4v) is 3.00. The van der Waals surface area contributed by atoms with E-state index in [-0.39, 0.29) is 6.10 Å². The molecule has 2 heterocycles. The highest BCUT2D eigenvalue weighted by atomic mass is 16.5. The number of fused-ring (bicyclic) bond motifs is 1. The van der Waals surface area contributed by atoms with Crippen molar-refractivity contribution < 1.29 is 24.5 Å². The molecule has 33 heavy (non-hydrogen) atoms. The van der Waals surface area contributed by atoms with Crippen molar-refractivity contribution in [1.82, 2.24) is 14.5 Å². The summed E-state index contributed by atoms with van der Waals surface area (Å²) in [5.41, 5.74) is 3.00. The highest BCUT2D eigenvalue weighted by molar-refractivity contribution is 6.27. The van der Waals surface area contributed by atoms with Crippen LogP contribution in [-0.2, 0) is 9.59 Å². The van der Waals surface area contributed by atoms with E-state index in [4.69, 9.17) is 29.5 Å². The number of ether oxygens (including phenoxy) is 1. The van der Waals surface area contributed by atoms with E-state index in [0.717, 1.165) is 34.0 Å². The Morgan fingerprint density at radius 1 is 0.939 bits per heavy atom. The minimum atomic E-state index is -1.82. The molecule has 0 aliphatic rings. The van der Waals surface area contributed by atoms with E-state index < -0.39 is 11.9 Å². The molecule has 168 valence electrons. The van der Waals surface area contributed by atoms with Crippen LogP contribution in [0.15, 0.2) is 72.9 Å². The minimum Gasteiger partial charge on any atom is -0.491 e.